The van der Waals surface area contributed by atoms with E-state index in [2.05, 4.69) is 46.5 Å². The van der Waals surface area contributed by atoms with Gasteiger partial charge in [0.25, 0.3) is 0 Å². The quantitative estimate of drug-likeness (QED) is 0.432. The van der Waals surface area contributed by atoms with E-state index in [9.17, 15) is 4.79 Å². The first kappa shape index (κ1) is 15.8. The van der Waals surface area contributed by atoms with E-state index in [0.717, 1.165) is 6.42 Å². The highest BCUT2D eigenvalue weighted by Crippen LogP contribution is 2.54. The Labute approximate surface area is 117 Å². The van der Waals surface area contributed by atoms with Crippen LogP contribution in [-0.4, -0.2) is 23.8 Å². The van der Waals surface area contributed by atoms with Crippen molar-refractivity contribution in [2.45, 2.75) is 63.6 Å². The lowest BCUT2D eigenvalue weighted by atomic mass is 9.88. The lowest BCUT2D eigenvalue weighted by molar-refractivity contribution is -0.141. The summed E-state index contributed by atoms with van der Waals surface area (Å²) in [5.74, 6) is -0.197. The Morgan fingerprint density at radius 3 is 2.33 bits per heavy atom. The van der Waals surface area contributed by atoms with E-state index in [1.54, 1.807) is 0 Å². The molecule has 104 valence electrons. The van der Waals surface area contributed by atoms with Crippen LogP contribution in [0.15, 0.2) is 12.2 Å². The summed E-state index contributed by atoms with van der Waals surface area (Å²) in [6.07, 6.45) is 5.30. The molecule has 18 heavy (non-hydrogen) atoms. The first-order chi connectivity index (χ1) is 7.99. The second-order valence-corrected chi connectivity index (χ2v) is 14.2. The van der Waals surface area contributed by atoms with Gasteiger partial charge in [0, 0.05) is 11.3 Å². The predicted molar refractivity (Wildman–Crippen MR) is 82.4 cm³/mol. The van der Waals surface area contributed by atoms with Crippen LogP contribution in [0, 0.1) is 5.41 Å². The van der Waals surface area contributed by atoms with E-state index < -0.39 is 8.07 Å². The number of hydrogen-bond donors (Lipinski definition) is 0. The molecule has 0 aromatic heterocycles. The average Bonchev–Trinajstić information content (AvgIpc) is 2.13. The van der Waals surface area contributed by atoms with Gasteiger partial charge in [-0.15, -0.1) is 11.8 Å². The molecule has 1 rings (SSSR count). The minimum Gasteiger partial charge on any atom is -0.447 e. The van der Waals surface area contributed by atoms with Crippen molar-refractivity contribution in [3.63, 3.8) is 0 Å². The summed E-state index contributed by atoms with van der Waals surface area (Å²) in [7, 11) is -1.41. The number of ether oxygens (including phenoxy) is 1. The molecule has 0 amide bonds. The maximum Gasteiger partial charge on any atom is 0.304 e. The fraction of sp³-hybridized carbons (Fsp3) is 0.786. The summed E-state index contributed by atoms with van der Waals surface area (Å²) < 4.78 is 5.60. The van der Waals surface area contributed by atoms with E-state index >= 15 is 0 Å². The van der Waals surface area contributed by atoms with Crippen molar-refractivity contribution in [1.29, 1.82) is 0 Å². The van der Waals surface area contributed by atoms with Gasteiger partial charge in [0.1, 0.15) is 0 Å². The molecular weight excluding hydrogens is 260 g/mol. The van der Waals surface area contributed by atoms with Gasteiger partial charge < -0.3 is 4.74 Å². The Kier molecular flexibility index (Phi) is 4.44. The smallest absolute Gasteiger partial charge is 0.304 e. The lowest BCUT2D eigenvalue weighted by Gasteiger charge is -2.54. The van der Waals surface area contributed by atoms with Crippen molar-refractivity contribution in [1.82, 2.24) is 0 Å². The van der Waals surface area contributed by atoms with E-state index in [1.807, 2.05) is 17.8 Å². The van der Waals surface area contributed by atoms with Crippen LogP contribution in [0.3, 0.4) is 0 Å². The highest BCUT2D eigenvalue weighted by molar-refractivity contribution is 8.03. The van der Waals surface area contributed by atoms with Gasteiger partial charge in [-0.25, -0.2) is 0 Å². The molecule has 0 radical (unpaired) electrons. The molecule has 2 unspecified atom stereocenters. The topological polar surface area (TPSA) is 26.3 Å². The zero-order valence-corrected chi connectivity index (χ0v) is 14.5. The van der Waals surface area contributed by atoms with Crippen LogP contribution < -0.4 is 0 Å². The zero-order valence-electron chi connectivity index (χ0n) is 12.7. The molecule has 0 saturated carbocycles. The van der Waals surface area contributed by atoms with Crippen LogP contribution in [0.2, 0.25) is 19.6 Å². The number of esters is 1. The highest BCUT2D eigenvalue weighted by atomic mass is 32.2. The second kappa shape index (κ2) is 5.04. The van der Waals surface area contributed by atoms with Gasteiger partial charge >= 0.3 is 5.97 Å². The van der Waals surface area contributed by atoms with Gasteiger partial charge in [-0.05, 0) is 17.9 Å². The third-order valence-electron chi connectivity index (χ3n) is 3.72. The highest BCUT2D eigenvalue weighted by Gasteiger charge is 2.53. The SMILES string of the molecule is CC(=O)OC1C=CCC(C(C)(C)C)([Si](C)(C)C)S1. The molecule has 0 aliphatic carbocycles. The summed E-state index contributed by atoms with van der Waals surface area (Å²) in [5.41, 5.74) is 0.0767. The maximum absolute atomic E-state index is 11.2. The van der Waals surface area contributed by atoms with Crippen LogP contribution in [0.5, 0.6) is 0 Å². The van der Waals surface area contributed by atoms with Crippen LogP contribution in [0.25, 0.3) is 0 Å². The number of rotatable bonds is 2. The van der Waals surface area contributed by atoms with Crippen LogP contribution in [-0.2, 0) is 9.53 Å². The molecule has 0 fully saturated rings. The van der Waals surface area contributed by atoms with Gasteiger partial charge in [0.05, 0.1) is 8.07 Å². The standard InChI is InChI=1S/C14H26O2SSi/c1-11(15)16-12-9-8-10-14(17-12,13(2,3)4)18(5,6)7/h8-9,12H,10H2,1-7H3. The number of allylic oxidation sites excluding steroid dienone is 1. The normalized spacial score (nSPS) is 29.2. The molecular formula is C14H26O2SSi. The molecule has 1 heterocycles. The van der Waals surface area contributed by atoms with Crippen molar-refractivity contribution in [3.05, 3.63) is 12.2 Å². The second-order valence-electron chi connectivity index (χ2n) is 7.05. The molecule has 1 aliphatic rings. The summed E-state index contributed by atoms with van der Waals surface area (Å²) in [6, 6.07) is 0. The average molecular weight is 287 g/mol. The Morgan fingerprint density at radius 2 is 1.94 bits per heavy atom. The monoisotopic (exact) mass is 286 g/mol. The minimum absolute atomic E-state index is 0.123. The van der Waals surface area contributed by atoms with Crippen molar-refractivity contribution in [2.75, 3.05) is 0 Å². The van der Waals surface area contributed by atoms with Crippen molar-refractivity contribution in [3.8, 4) is 0 Å². The fourth-order valence-corrected chi connectivity index (χ4v) is 9.01. The first-order valence-corrected chi connectivity index (χ1v) is 10.9. The van der Waals surface area contributed by atoms with E-state index in [1.165, 1.54) is 6.92 Å². The molecule has 0 spiro atoms. The minimum atomic E-state index is -1.41. The Balaban J connectivity index is 3.09. The van der Waals surface area contributed by atoms with Crippen LogP contribution in [0.1, 0.15) is 34.1 Å². The Hall–Kier alpha value is -0.223. The third kappa shape index (κ3) is 3.02. The van der Waals surface area contributed by atoms with Gasteiger partial charge in [0.15, 0.2) is 5.44 Å². The van der Waals surface area contributed by atoms with E-state index in [0.29, 0.717) is 0 Å². The fourth-order valence-electron chi connectivity index (χ4n) is 2.95. The van der Waals surface area contributed by atoms with E-state index in [4.69, 9.17) is 4.74 Å². The van der Waals surface area contributed by atoms with Crippen LogP contribution in [0.4, 0.5) is 0 Å². The van der Waals surface area contributed by atoms with Crippen molar-refractivity contribution < 1.29 is 9.53 Å². The molecule has 0 bridgehead atoms. The summed E-state index contributed by atoms with van der Waals surface area (Å²) in [5, 5.41) is 0. The molecule has 0 aromatic rings. The van der Waals surface area contributed by atoms with Crippen molar-refractivity contribution >= 4 is 25.8 Å². The third-order valence-corrected chi connectivity index (χ3v) is 11.0. The molecule has 0 aromatic carbocycles. The summed E-state index contributed by atoms with van der Waals surface area (Å²) in [4.78, 5) is 11.2. The molecule has 0 N–H and O–H groups in total. The predicted octanol–water partition coefficient (Wildman–Crippen LogP) is 4.23. The Bertz CT molecular complexity index is 336. The molecule has 0 saturated heterocycles. The molecule has 2 atom stereocenters. The molecule has 4 heteroatoms. The molecule has 2 nitrogen and oxygen atoms in total. The van der Waals surface area contributed by atoms with Crippen molar-refractivity contribution in [2.24, 2.45) is 5.41 Å². The zero-order chi connectivity index (χ0) is 14.2. The van der Waals surface area contributed by atoms with Gasteiger partial charge in [-0.2, -0.15) is 0 Å². The largest absolute Gasteiger partial charge is 0.447 e. The van der Waals surface area contributed by atoms with Gasteiger partial charge in [-0.1, -0.05) is 46.5 Å². The molecule has 1 aliphatic heterocycles. The Morgan fingerprint density at radius 1 is 1.39 bits per heavy atom. The summed E-state index contributed by atoms with van der Waals surface area (Å²) in [6.45, 7) is 15.6. The lowest BCUT2D eigenvalue weighted by Crippen LogP contribution is -2.59. The number of hydrogen-bond acceptors (Lipinski definition) is 3. The number of carbonyl (C=O) groups excluding carboxylic acids is 1. The van der Waals surface area contributed by atoms with Crippen LogP contribution >= 0.6 is 11.8 Å². The number of carbonyl (C=O) groups is 1. The van der Waals surface area contributed by atoms with E-state index in [-0.39, 0.29) is 21.2 Å². The van der Waals surface area contributed by atoms with Gasteiger partial charge in [-0.3, -0.25) is 4.79 Å². The number of thioether (sulfide) groups is 1. The maximum atomic E-state index is 11.2. The van der Waals surface area contributed by atoms with Gasteiger partial charge in [0.2, 0.25) is 0 Å². The summed E-state index contributed by atoms with van der Waals surface area (Å²) >= 11 is 1.85. The first-order valence-electron chi connectivity index (χ1n) is 6.51.